The standard InChI is InChI=1S/C30H48O4.3C30H48O3/c1-25(2)13-15-30(24(33)34)16-14-28(5)19(20(30)17-25)7-8-22-26(3)11-10-23(32)27(4,18-31)21(26)9-12-29(22,28)6;1-18-10-15-30(25(32)33)17-16-28(6)20(24(30)19(18)2)8-9-22-27(5)13-12-23(31)26(3,4)21(27)11-14-29(22,28)7;1-18(2)19-10-15-30(25(32)33)17-16-28(6)20(24(19)30)8-9-22-27(5)13-12-23(31)26(3,4)21(27)11-14-29(22,28)7;1-25(2)14-16-30(24(32)33)17-15-28(6)19(20(30)18-25)8-9-22-27(5)12-11-23(31)26(3,4)21(27)10-13-29(22,28)7/h7,20-23,31-32H,8-18H2,1-6H3,(H,33,34);8,18-19,21-24,31H,9-17H2,1-7H3,(H,32,33);19-24,31H,1,8-17H2,2-7H3,(H,32,33);8,20-23,31H,9-18H2,1-7H3,(H,32,33)/t20-,21+,22+,23-,26-,27-,28+,29+,30-;18-,19+,21+,22-,23+,24+,27+,28-,29-,30+;19-,20+,21-,22+,23-,24+,27-,28+,29+,30-;20-,21-,22+,23-,27-,28+,29+,30-/m0100/s1. The molecule has 0 spiro atoms. The lowest BCUT2D eigenvalue weighted by atomic mass is 9.32. The Hall–Kier alpha value is -3.36. The van der Waals surface area contributed by atoms with Gasteiger partial charge in [0, 0.05) is 5.41 Å². The van der Waals surface area contributed by atoms with Crippen molar-refractivity contribution in [1.29, 1.82) is 0 Å². The first kappa shape index (κ1) is 101. The second-order valence-corrected chi connectivity index (χ2v) is 59.0. The zero-order valence-electron chi connectivity index (χ0n) is 88.9. The number of carboxylic acids is 4. The summed E-state index contributed by atoms with van der Waals surface area (Å²) in [5.41, 5.74) is 5.35. The number of fused-ring (bicyclic) bond motifs is 28. The molecule has 0 heterocycles. The highest BCUT2D eigenvalue weighted by Gasteiger charge is 2.77. The van der Waals surface area contributed by atoms with E-state index >= 15 is 0 Å². The molecule has 13 heteroatoms. The molecule has 17 fully saturated rings. The van der Waals surface area contributed by atoms with Gasteiger partial charge in [-0.3, -0.25) is 19.2 Å². The Bertz CT molecular complexity index is 4670. The minimum absolute atomic E-state index is 0.0202. The summed E-state index contributed by atoms with van der Waals surface area (Å²) in [6.45, 7) is 67.0. The molecule has 0 aromatic heterocycles. The fraction of sp³-hybridized carbons (Fsp3) is 0.900. The molecule has 17 saturated carbocycles. The predicted molar refractivity (Wildman–Crippen MR) is 532 cm³/mol. The van der Waals surface area contributed by atoms with Crippen LogP contribution in [0.3, 0.4) is 0 Å². The SMILES string of the molecule is C=C(C)[C@@H]1CC[C@]2(C(=O)O)CC[C@]3(C)[C@H](CC[C@@H]4[C@@]5(C)CC[C@H](O)C(C)(C)[C@@H]5CC[C@]43C)[C@@H]12.CC1(C)CC[C@]2(C(=O)O)CC[C@]3(C)C(=CC[C@@H]4[C@@]5(C)CC[C@H](O)C(C)(C)[C@@H]5CC[C@]43C)[C@@H]2C1.CC1(C)CC[C@]2(C(=O)O)CC[C@]3(C)C(=CC[C@@H]4[C@@]5(C)CC[C@H](O)[C@@](C)(CO)[C@@H]5CC[C@]43C)[C@@H]2C1.C[C@H]1[C@H](C)CC[C@]2(C(=O)O)CC[C@]3(C)C(=CC[C@@H]4[C@@]5(C)CC[C@H](O)C(C)(C)[C@@H]5CC[C@]43C)[C@H]12. The molecule has 750 valence electrons. The molecule has 0 bridgehead atoms. The summed E-state index contributed by atoms with van der Waals surface area (Å²) in [5.74, 6) is 4.82. The van der Waals surface area contributed by atoms with Crippen molar-refractivity contribution in [3.8, 4) is 0 Å². The largest absolute Gasteiger partial charge is 0.481 e. The third kappa shape index (κ3) is 13.5. The van der Waals surface area contributed by atoms with Crippen molar-refractivity contribution in [2.75, 3.05) is 6.61 Å². The van der Waals surface area contributed by atoms with Crippen molar-refractivity contribution in [3.05, 3.63) is 47.1 Å². The molecule has 0 aliphatic heterocycles. The Morgan fingerprint density at radius 2 is 0.669 bits per heavy atom. The van der Waals surface area contributed by atoms with E-state index in [0.29, 0.717) is 71.0 Å². The highest BCUT2D eigenvalue weighted by molar-refractivity contribution is 5.79. The van der Waals surface area contributed by atoms with Gasteiger partial charge in [-0.15, -0.1) is 0 Å². The van der Waals surface area contributed by atoms with E-state index in [2.05, 4.69) is 205 Å². The number of aliphatic carboxylic acids is 4. The summed E-state index contributed by atoms with van der Waals surface area (Å²) < 4.78 is 0. The predicted octanol–water partition coefficient (Wildman–Crippen LogP) is 27.6. The molecule has 20 aliphatic rings. The molecule has 133 heavy (non-hydrogen) atoms. The van der Waals surface area contributed by atoms with E-state index in [1.165, 1.54) is 73.7 Å². The van der Waals surface area contributed by atoms with Crippen LogP contribution in [0.15, 0.2) is 47.1 Å². The van der Waals surface area contributed by atoms with Crippen LogP contribution in [0.5, 0.6) is 0 Å². The molecular weight excluding hydrogens is 1650 g/mol. The molecule has 13 nitrogen and oxygen atoms in total. The quantitative estimate of drug-likeness (QED) is 0.112. The Kier molecular flexibility index (Phi) is 24.4. The third-order valence-corrected chi connectivity index (χ3v) is 53.1. The van der Waals surface area contributed by atoms with Gasteiger partial charge in [-0.25, -0.2) is 0 Å². The van der Waals surface area contributed by atoms with E-state index in [9.17, 15) is 65.1 Å². The van der Waals surface area contributed by atoms with Gasteiger partial charge in [0.05, 0.1) is 52.7 Å². The number of rotatable bonds is 6. The van der Waals surface area contributed by atoms with Gasteiger partial charge in [-0.05, 0) is 444 Å². The molecule has 37 atom stereocenters. The number of hydrogen-bond acceptors (Lipinski definition) is 9. The number of hydrogen-bond donors (Lipinski definition) is 9. The first-order chi connectivity index (χ1) is 61.4. The van der Waals surface area contributed by atoms with Crippen molar-refractivity contribution in [1.82, 2.24) is 0 Å². The van der Waals surface area contributed by atoms with Gasteiger partial charge in [0.2, 0.25) is 0 Å². The molecular formula is C120H192O13. The van der Waals surface area contributed by atoms with Crippen molar-refractivity contribution in [3.63, 3.8) is 0 Å². The van der Waals surface area contributed by atoms with Crippen LogP contribution in [0.1, 0.15) is 430 Å². The van der Waals surface area contributed by atoms with Crippen LogP contribution in [0.4, 0.5) is 0 Å². The summed E-state index contributed by atoms with van der Waals surface area (Å²) in [6.07, 6.45) is 46.3. The average molecular weight is 1840 g/mol. The van der Waals surface area contributed by atoms with Gasteiger partial charge in [0.15, 0.2) is 0 Å². The zero-order valence-corrected chi connectivity index (χ0v) is 88.9. The normalized spacial score (nSPS) is 54.2. The first-order valence-electron chi connectivity index (χ1n) is 55.4. The maximum absolute atomic E-state index is 12.8. The highest BCUT2D eigenvalue weighted by Crippen LogP contribution is 2.83. The van der Waals surface area contributed by atoms with Crippen LogP contribution < -0.4 is 0 Å². The Morgan fingerprint density at radius 1 is 0.331 bits per heavy atom. The molecule has 0 aromatic carbocycles. The van der Waals surface area contributed by atoms with Crippen LogP contribution in [-0.4, -0.2) is 101 Å². The van der Waals surface area contributed by atoms with E-state index in [0.717, 1.165) is 199 Å². The minimum atomic E-state index is -0.588. The van der Waals surface area contributed by atoms with Crippen LogP contribution >= 0.6 is 0 Å². The van der Waals surface area contributed by atoms with E-state index in [4.69, 9.17) is 0 Å². The van der Waals surface area contributed by atoms with Gasteiger partial charge in [-0.2, -0.15) is 0 Å². The van der Waals surface area contributed by atoms with Gasteiger partial charge < -0.3 is 46.0 Å². The molecule has 20 aliphatic carbocycles. The van der Waals surface area contributed by atoms with Crippen LogP contribution in [0.25, 0.3) is 0 Å². The second-order valence-electron chi connectivity index (χ2n) is 59.0. The van der Waals surface area contributed by atoms with Crippen LogP contribution in [-0.2, 0) is 19.2 Å². The van der Waals surface area contributed by atoms with Crippen molar-refractivity contribution in [2.24, 2.45) is 214 Å². The number of carbonyl (C=O) groups is 4. The average Bonchev–Trinajstić information content (AvgIpc) is 1.59. The lowest BCUT2D eigenvalue weighted by molar-refractivity contribution is -0.248. The number of aliphatic hydroxyl groups is 5. The summed E-state index contributed by atoms with van der Waals surface area (Å²) in [5, 5.41) is 96.0. The van der Waals surface area contributed by atoms with Gasteiger partial charge in [-0.1, -0.05) is 220 Å². The van der Waals surface area contributed by atoms with Crippen LogP contribution in [0.2, 0.25) is 0 Å². The minimum Gasteiger partial charge on any atom is -0.481 e. The fourth-order valence-corrected chi connectivity index (χ4v) is 43.6. The van der Waals surface area contributed by atoms with E-state index in [-0.39, 0.29) is 141 Å². The van der Waals surface area contributed by atoms with Gasteiger partial charge in [0.1, 0.15) is 0 Å². The molecule has 9 N–H and O–H groups in total. The summed E-state index contributed by atoms with van der Waals surface area (Å²) >= 11 is 0. The molecule has 0 aromatic rings. The first-order valence-corrected chi connectivity index (χ1v) is 55.4. The lowest BCUT2D eigenvalue weighted by Crippen LogP contribution is -2.67. The maximum Gasteiger partial charge on any atom is 0.310 e. The smallest absolute Gasteiger partial charge is 0.310 e. The summed E-state index contributed by atoms with van der Waals surface area (Å²) in [4.78, 5) is 51.1. The summed E-state index contributed by atoms with van der Waals surface area (Å²) in [6, 6.07) is 0. The molecule has 20 rings (SSSR count). The maximum atomic E-state index is 12.8. The van der Waals surface area contributed by atoms with E-state index in [1.54, 1.807) is 0 Å². The molecule has 0 radical (unpaired) electrons. The Labute approximate surface area is 806 Å². The fourth-order valence-electron chi connectivity index (χ4n) is 43.6. The monoisotopic (exact) mass is 1840 g/mol. The Balaban J connectivity index is 0.000000124. The van der Waals surface area contributed by atoms with Gasteiger partial charge in [0.25, 0.3) is 0 Å². The third-order valence-electron chi connectivity index (χ3n) is 53.1. The van der Waals surface area contributed by atoms with Crippen molar-refractivity contribution in [2.45, 2.75) is 455 Å². The van der Waals surface area contributed by atoms with Crippen molar-refractivity contribution < 1.29 is 65.1 Å². The van der Waals surface area contributed by atoms with Crippen molar-refractivity contribution >= 4 is 23.9 Å². The molecule has 0 unspecified atom stereocenters. The highest BCUT2D eigenvalue weighted by atomic mass is 16.4. The molecule has 0 amide bonds. The van der Waals surface area contributed by atoms with E-state index in [1.807, 2.05) is 0 Å². The second kappa shape index (κ2) is 32.1. The molecule has 0 saturated heterocycles. The lowest BCUT2D eigenvalue weighted by Gasteiger charge is -2.72. The topological polar surface area (TPSA) is 250 Å². The van der Waals surface area contributed by atoms with E-state index < -0.39 is 57.1 Å². The Morgan fingerprint density at radius 3 is 1.07 bits per heavy atom. The van der Waals surface area contributed by atoms with Crippen LogP contribution in [0, 0.1) is 214 Å². The van der Waals surface area contributed by atoms with Gasteiger partial charge >= 0.3 is 23.9 Å². The zero-order chi connectivity index (χ0) is 97.6. The summed E-state index contributed by atoms with van der Waals surface area (Å²) in [7, 11) is 0. The number of allylic oxidation sites excluding steroid dienone is 7. The number of carboxylic acid groups (broad SMARTS) is 4. The number of aliphatic hydroxyl groups excluding tert-OH is 5.